The quantitative estimate of drug-likeness (QED) is 0.655. The SMILES string of the molecule is COc1ccc(-c2csc3ncnc(N4CCC(N5CCCC5)CC4)c23)cc1. The number of anilines is 1. The van der Waals surface area contributed by atoms with Crippen molar-refractivity contribution in [2.24, 2.45) is 0 Å². The molecule has 0 amide bonds. The van der Waals surface area contributed by atoms with Gasteiger partial charge in [0.25, 0.3) is 0 Å². The third-order valence-corrected chi connectivity index (χ3v) is 7.06. The Balaban J connectivity index is 1.44. The van der Waals surface area contributed by atoms with E-state index in [0.29, 0.717) is 0 Å². The molecule has 0 saturated carbocycles. The summed E-state index contributed by atoms with van der Waals surface area (Å²) in [6.07, 6.45) is 6.92. The molecule has 146 valence electrons. The molecule has 0 aliphatic carbocycles. The van der Waals surface area contributed by atoms with E-state index >= 15 is 0 Å². The van der Waals surface area contributed by atoms with Gasteiger partial charge in [-0.1, -0.05) is 12.1 Å². The molecule has 2 saturated heterocycles. The number of nitrogens with zero attached hydrogens (tertiary/aromatic N) is 4. The van der Waals surface area contributed by atoms with Crippen molar-refractivity contribution in [2.45, 2.75) is 31.7 Å². The largest absolute Gasteiger partial charge is 0.497 e. The molecule has 28 heavy (non-hydrogen) atoms. The number of ether oxygens (including phenoxy) is 1. The Morgan fingerprint density at radius 3 is 2.46 bits per heavy atom. The van der Waals surface area contributed by atoms with E-state index in [1.54, 1.807) is 24.8 Å². The maximum absolute atomic E-state index is 5.31. The zero-order valence-corrected chi connectivity index (χ0v) is 17.1. The molecule has 5 rings (SSSR count). The molecule has 4 heterocycles. The number of aromatic nitrogens is 2. The highest BCUT2D eigenvalue weighted by Gasteiger charge is 2.28. The van der Waals surface area contributed by atoms with Gasteiger partial charge in [-0.05, 0) is 56.5 Å². The molecule has 0 radical (unpaired) electrons. The van der Waals surface area contributed by atoms with E-state index < -0.39 is 0 Å². The fourth-order valence-corrected chi connectivity index (χ4v) is 5.54. The molecule has 2 aliphatic heterocycles. The van der Waals surface area contributed by atoms with Gasteiger partial charge < -0.3 is 14.5 Å². The molecule has 0 unspecified atom stereocenters. The molecule has 2 aromatic heterocycles. The van der Waals surface area contributed by atoms with Gasteiger partial charge in [0.1, 0.15) is 22.7 Å². The summed E-state index contributed by atoms with van der Waals surface area (Å²) in [5, 5.41) is 3.40. The molecule has 2 aliphatic rings. The molecule has 2 fully saturated rings. The fourth-order valence-electron chi connectivity index (χ4n) is 4.63. The minimum atomic E-state index is 0.750. The summed E-state index contributed by atoms with van der Waals surface area (Å²) in [6, 6.07) is 9.03. The topological polar surface area (TPSA) is 41.5 Å². The Hall–Kier alpha value is -2.18. The van der Waals surface area contributed by atoms with Crippen LogP contribution in [0.15, 0.2) is 36.0 Å². The summed E-state index contributed by atoms with van der Waals surface area (Å²) >= 11 is 1.70. The van der Waals surface area contributed by atoms with Gasteiger partial charge in [0.15, 0.2) is 0 Å². The smallest absolute Gasteiger partial charge is 0.141 e. The van der Waals surface area contributed by atoms with Crippen molar-refractivity contribution in [3.63, 3.8) is 0 Å². The van der Waals surface area contributed by atoms with Crippen LogP contribution in [-0.4, -0.2) is 54.2 Å². The van der Waals surface area contributed by atoms with Crippen LogP contribution in [0.1, 0.15) is 25.7 Å². The first-order valence-electron chi connectivity index (χ1n) is 10.2. The summed E-state index contributed by atoms with van der Waals surface area (Å²) < 4.78 is 5.31. The molecule has 0 N–H and O–H groups in total. The predicted octanol–water partition coefficient (Wildman–Crippen LogP) is 4.43. The Morgan fingerprint density at radius 1 is 1.00 bits per heavy atom. The first-order chi connectivity index (χ1) is 13.8. The maximum atomic E-state index is 5.31. The molecule has 0 spiro atoms. The summed E-state index contributed by atoms with van der Waals surface area (Å²) in [5.41, 5.74) is 2.41. The second kappa shape index (κ2) is 7.68. The zero-order chi connectivity index (χ0) is 18.9. The average molecular weight is 395 g/mol. The van der Waals surface area contributed by atoms with Gasteiger partial charge in [0.2, 0.25) is 0 Å². The number of hydrogen-bond donors (Lipinski definition) is 0. The van der Waals surface area contributed by atoms with Crippen molar-refractivity contribution in [2.75, 3.05) is 38.2 Å². The number of thiophene rings is 1. The van der Waals surface area contributed by atoms with E-state index in [1.165, 1.54) is 55.3 Å². The molecule has 6 heteroatoms. The van der Waals surface area contributed by atoms with E-state index in [9.17, 15) is 0 Å². The molecular weight excluding hydrogens is 368 g/mol. The van der Waals surface area contributed by atoms with Crippen LogP contribution < -0.4 is 9.64 Å². The Labute approximate surface area is 170 Å². The molecule has 0 bridgehead atoms. The third-order valence-electron chi connectivity index (χ3n) is 6.17. The van der Waals surface area contributed by atoms with Crippen LogP contribution in [0, 0.1) is 0 Å². The van der Waals surface area contributed by atoms with E-state index in [2.05, 4.69) is 32.3 Å². The highest BCUT2D eigenvalue weighted by molar-refractivity contribution is 7.17. The van der Waals surface area contributed by atoms with Gasteiger partial charge in [-0.3, -0.25) is 0 Å². The summed E-state index contributed by atoms with van der Waals surface area (Å²) in [7, 11) is 1.70. The van der Waals surface area contributed by atoms with Crippen LogP contribution in [0.2, 0.25) is 0 Å². The number of hydrogen-bond acceptors (Lipinski definition) is 6. The number of likely N-dealkylation sites (tertiary alicyclic amines) is 1. The van der Waals surface area contributed by atoms with Crippen LogP contribution in [0.5, 0.6) is 5.75 Å². The van der Waals surface area contributed by atoms with E-state index in [-0.39, 0.29) is 0 Å². The lowest BCUT2D eigenvalue weighted by Gasteiger charge is -2.37. The lowest BCUT2D eigenvalue weighted by molar-refractivity contribution is 0.208. The first kappa shape index (κ1) is 17.9. The number of fused-ring (bicyclic) bond motifs is 1. The van der Waals surface area contributed by atoms with Crippen LogP contribution in [0.25, 0.3) is 21.3 Å². The van der Waals surface area contributed by atoms with Crippen molar-refractivity contribution in [3.8, 4) is 16.9 Å². The number of benzene rings is 1. The second-order valence-corrected chi connectivity index (χ2v) is 8.57. The normalized spacial score (nSPS) is 18.8. The van der Waals surface area contributed by atoms with Crippen molar-refractivity contribution in [1.82, 2.24) is 14.9 Å². The maximum Gasteiger partial charge on any atom is 0.141 e. The molecule has 1 aromatic carbocycles. The molecular formula is C22H26N4OS. The molecule has 5 nitrogen and oxygen atoms in total. The third kappa shape index (κ3) is 3.25. The number of piperidine rings is 1. The second-order valence-electron chi connectivity index (χ2n) is 7.72. The van der Waals surface area contributed by atoms with Gasteiger partial charge in [0.05, 0.1) is 12.5 Å². The van der Waals surface area contributed by atoms with E-state index in [4.69, 9.17) is 9.72 Å². The first-order valence-corrected chi connectivity index (χ1v) is 11.1. The van der Waals surface area contributed by atoms with Gasteiger partial charge in [-0.25, -0.2) is 9.97 Å². The van der Waals surface area contributed by atoms with Gasteiger partial charge in [-0.15, -0.1) is 11.3 Å². The fraction of sp³-hybridized carbons (Fsp3) is 0.455. The highest BCUT2D eigenvalue weighted by atomic mass is 32.1. The summed E-state index contributed by atoms with van der Waals surface area (Å²) in [5.74, 6) is 1.97. The van der Waals surface area contributed by atoms with Gasteiger partial charge in [-0.2, -0.15) is 0 Å². The van der Waals surface area contributed by atoms with Crippen LogP contribution in [0.3, 0.4) is 0 Å². The predicted molar refractivity (Wildman–Crippen MR) is 115 cm³/mol. The van der Waals surface area contributed by atoms with Crippen LogP contribution in [0.4, 0.5) is 5.82 Å². The Kier molecular flexibility index (Phi) is 4.91. The molecule has 0 atom stereocenters. The van der Waals surface area contributed by atoms with Gasteiger partial charge in [0, 0.05) is 30.1 Å². The summed E-state index contributed by atoms with van der Waals surface area (Å²) in [4.78, 5) is 15.5. The standard InChI is InChI=1S/C22H26N4OS/c1-27-18-6-4-16(5-7-18)19-14-28-22-20(19)21(23-15-24-22)26-12-8-17(9-13-26)25-10-2-3-11-25/h4-7,14-15,17H,2-3,8-13H2,1H3. The van der Waals surface area contributed by atoms with E-state index in [1.807, 2.05) is 12.1 Å². The van der Waals surface area contributed by atoms with Crippen molar-refractivity contribution in [1.29, 1.82) is 0 Å². The monoisotopic (exact) mass is 394 g/mol. The Bertz CT molecular complexity index is 941. The van der Waals surface area contributed by atoms with E-state index in [0.717, 1.165) is 35.5 Å². The average Bonchev–Trinajstić information content (AvgIpc) is 3.44. The lowest BCUT2D eigenvalue weighted by Crippen LogP contribution is -2.44. The van der Waals surface area contributed by atoms with Crippen LogP contribution in [-0.2, 0) is 0 Å². The van der Waals surface area contributed by atoms with Crippen molar-refractivity contribution in [3.05, 3.63) is 36.0 Å². The van der Waals surface area contributed by atoms with Crippen molar-refractivity contribution < 1.29 is 4.74 Å². The summed E-state index contributed by atoms with van der Waals surface area (Å²) in [6.45, 7) is 4.72. The minimum absolute atomic E-state index is 0.750. The van der Waals surface area contributed by atoms with Gasteiger partial charge >= 0.3 is 0 Å². The van der Waals surface area contributed by atoms with Crippen LogP contribution >= 0.6 is 11.3 Å². The molecule has 3 aromatic rings. The minimum Gasteiger partial charge on any atom is -0.497 e. The highest BCUT2D eigenvalue weighted by Crippen LogP contribution is 2.39. The number of rotatable bonds is 4. The Morgan fingerprint density at radius 2 is 1.75 bits per heavy atom. The zero-order valence-electron chi connectivity index (χ0n) is 16.3. The number of methoxy groups -OCH3 is 1. The van der Waals surface area contributed by atoms with Crippen molar-refractivity contribution >= 4 is 27.4 Å². The lowest BCUT2D eigenvalue weighted by atomic mass is 10.0.